The smallest absolute Gasteiger partial charge is 0.332 e. The van der Waals surface area contributed by atoms with Gasteiger partial charge in [0, 0.05) is 39.3 Å². The van der Waals surface area contributed by atoms with E-state index in [0.29, 0.717) is 36.4 Å². The summed E-state index contributed by atoms with van der Waals surface area (Å²) in [7, 11) is 3.08. The molecule has 0 spiro atoms. The summed E-state index contributed by atoms with van der Waals surface area (Å²) < 4.78 is 6.15. The molecule has 1 fully saturated rings. The molecule has 5 rings (SSSR count). The highest BCUT2D eigenvalue weighted by molar-refractivity contribution is 5.98. The lowest BCUT2D eigenvalue weighted by Gasteiger charge is -2.18. The maximum absolute atomic E-state index is 13.6. The first-order valence-electron chi connectivity index (χ1n) is 11.5. The molecule has 1 aliphatic heterocycles. The molecule has 4 aromatic rings. The standard InChI is InChI=1S/C24H27N7O3/c1-4-11-30-20(13-18-21(30)27(2)24(34)28(3)22(18)32)23(33)29-12-10-17(14-29)31-15-19(25-26-31)16-8-6-5-7-9-16/h5-9,13,15,17H,4,10-12,14H2,1-3H3. The van der Waals surface area contributed by atoms with Crippen molar-refractivity contribution in [2.75, 3.05) is 13.1 Å². The van der Waals surface area contributed by atoms with Crippen molar-refractivity contribution >= 4 is 16.9 Å². The van der Waals surface area contributed by atoms with Crippen LogP contribution in [0.5, 0.6) is 0 Å². The molecule has 34 heavy (non-hydrogen) atoms. The van der Waals surface area contributed by atoms with Crippen LogP contribution >= 0.6 is 0 Å². The van der Waals surface area contributed by atoms with E-state index in [1.807, 2.05) is 48.1 Å². The Morgan fingerprint density at radius 1 is 1.12 bits per heavy atom. The van der Waals surface area contributed by atoms with E-state index < -0.39 is 11.2 Å². The highest BCUT2D eigenvalue weighted by Gasteiger charge is 2.31. The monoisotopic (exact) mass is 461 g/mol. The number of rotatable bonds is 5. The fourth-order valence-corrected chi connectivity index (χ4v) is 4.77. The molecule has 0 N–H and O–H groups in total. The Bertz CT molecular complexity index is 1490. The maximum Gasteiger partial charge on any atom is 0.332 e. The van der Waals surface area contributed by atoms with Gasteiger partial charge in [0.1, 0.15) is 17.0 Å². The van der Waals surface area contributed by atoms with Crippen LogP contribution in [0.4, 0.5) is 0 Å². The Labute approximate surface area is 195 Å². The van der Waals surface area contributed by atoms with Crippen LogP contribution in [0.1, 0.15) is 36.3 Å². The van der Waals surface area contributed by atoms with Crippen LogP contribution in [0.25, 0.3) is 22.3 Å². The van der Waals surface area contributed by atoms with Gasteiger partial charge in [-0.2, -0.15) is 0 Å². The topological polar surface area (TPSA) is 100.0 Å². The van der Waals surface area contributed by atoms with Crippen molar-refractivity contribution in [2.24, 2.45) is 14.1 Å². The number of amides is 1. The van der Waals surface area contributed by atoms with E-state index in [-0.39, 0.29) is 11.9 Å². The number of nitrogens with zero attached hydrogens (tertiary/aromatic N) is 7. The number of hydrogen-bond donors (Lipinski definition) is 0. The zero-order chi connectivity index (χ0) is 24.0. The minimum atomic E-state index is -0.409. The molecular weight excluding hydrogens is 434 g/mol. The predicted molar refractivity (Wildman–Crippen MR) is 128 cm³/mol. The third-order valence-electron chi connectivity index (χ3n) is 6.57. The minimum Gasteiger partial charge on any atom is -0.335 e. The summed E-state index contributed by atoms with van der Waals surface area (Å²) in [6.45, 7) is 3.61. The third-order valence-corrected chi connectivity index (χ3v) is 6.57. The number of hydrogen-bond acceptors (Lipinski definition) is 5. The van der Waals surface area contributed by atoms with E-state index in [1.165, 1.54) is 11.6 Å². The summed E-state index contributed by atoms with van der Waals surface area (Å²) in [5, 5.41) is 8.98. The lowest BCUT2D eigenvalue weighted by atomic mass is 10.2. The van der Waals surface area contributed by atoms with Crippen LogP contribution in [-0.4, -0.2) is 52.6 Å². The average Bonchev–Trinajstić information content (AvgIpc) is 3.60. The Kier molecular flexibility index (Phi) is 5.43. The van der Waals surface area contributed by atoms with E-state index in [4.69, 9.17) is 0 Å². The average molecular weight is 462 g/mol. The maximum atomic E-state index is 13.6. The highest BCUT2D eigenvalue weighted by Crippen LogP contribution is 2.26. The molecule has 10 heteroatoms. The van der Waals surface area contributed by atoms with Gasteiger partial charge in [0.25, 0.3) is 11.5 Å². The van der Waals surface area contributed by atoms with E-state index in [1.54, 1.807) is 22.6 Å². The molecule has 1 aliphatic rings. The number of likely N-dealkylation sites (tertiary alicyclic amines) is 1. The fourth-order valence-electron chi connectivity index (χ4n) is 4.77. The second kappa shape index (κ2) is 8.44. The normalized spacial score (nSPS) is 16.0. The zero-order valence-electron chi connectivity index (χ0n) is 19.5. The molecule has 1 aromatic carbocycles. The molecule has 3 aromatic heterocycles. The summed E-state index contributed by atoms with van der Waals surface area (Å²) in [5.41, 5.74) is 1.91. The van der Waals surface area contributed by atoms with Crippen LogP contribution < -0.4 is 11.2 Å². The highest BCUT2D eigenvalue weighted by atomic mass is 16.2. The van der Waals surface area contributed by atoms with Gasteiger partial charge in [-0.25, -0.2) is 9.48 Å². The van der Waals surface area contributed by atoms with Crippen LogP contribution in [0.15, 0.2) is 52.2 Å². The fraction of sp³-hybridized carbons (Fsp3) is 0.375. The molecule has 4 heterocycles. The SMILES string of the molecule is CCCn1c(C(=O)N2CCC(n3cc(-c4ccccc4)nn3)C2)cc2c(=O)n(C)c(=O)n(C)c21. The first kappa shape index (κ1) is 21.9. The number of fused-ring (bicyclic) bond motifs is 1. The van der Waals surface area contributed by atoms with Crippen LogP contribution in [0, 0.1) is 0 Å². The molecule has 176 valence electrons. The van der Waals surface area contributed by atoms with Crippen LogP contribution in [0.3, 0.4) is 0 Å². The summed E-state index contributed by atoms with van der Waals surface area (Å²) in [5.74, 6) is -0.148. The van der Waals surface area contributed by atoms with Gasteiger partial charge in [-0.15, -0.1) is 5.10 Å². The quantitative estimate of drug-likeness (QED) is 0.451. The third kappa shape index (κ3) is 3.46. The Hall–Kier alpha value is -3.95. The molecule has 0 aliphatic carbocycles. The van der Waals surface area contributed by atoms with Gasteiger partial charge < -0.3 is 9.47 Å². The summed E-state index contributed by atoms with van der Waals surface area (Å²) >= 11 is 0. The van der Waals surface area contributed by atoms with Gasteiger partial charge in [0.15, 0.2) is 0 Å². The van der Waals surface area contributed by atoms with Crippen molar-refractivity contribution in [1.29, 1.82) is 0 Å². The molecule has 1 atom stereocenters. The van der Waals surface area contributed by atoms with Crippen molar-refractivity contribution in [3.63, 3.8) is 0 Å². The van der Waals surface area contributed by atoms with Crippen molar-refractivity contribution < 1.29 is 4.79 Å². The van der Waals surface area contributed by atoms with Gasteiger partial charge in [0.05, 0.1) is 17.6 Å². The molecular formula is C24H27N7O3. The van der Waals surface area contributed by atoms with Gasteiger partial charge in [0.2, 0.25) is 0 Å². The lowest BCUT2D eigenvalue weighted by Crippen LogP contribution is -2.37. The van der Waals surface area contributed by atoms with Crippen LogP contribution in [0.2, 0.25) is 0 Å². The number of carbonyl (C=O) groups is 1. The lowest BCUT2D eigenvalue weighted by molar-refractivity contribution is 0.0776. The number of benzene rings is 1. The Morgan fingerprint density at radius 3 is 2.62 bits per heavy atom. The first-order chi connectivity index (χ1) is 16.4. The second-order valence-corrected chi connectivity index (χ2v) is 8.77. The van der Waals surface area contributed by atoms with E-state index in [0.717, 1.165) is 28.7 Å². The van der Waals surface area contributed by atoms with Gasteiger partial charge >= 0.3 is 5.69 Å². The summed E-state index contributed by atoms with van der Waals surface area (Å²) in [6, 6.07) is 11.5. The molecule has 1 saturated heterocycles. The van der Waals surface area contributed by atoms with E-state index >= 15 is 0 Å². The van der Waals surface area contributed by atoms with Gasteiger partial charge in [-0.3, -0.25) is 18.7 Å². The summed E-state index contributed by atoms with van der Waals surface area (Å²) in [6.07, 6.45) is 3.44. The number of aryl methyl sites for hydroxylation is 2. The van der Waals surface area contributed by atoms with Crippen molar-refractivity contribution in [2.45, 2.75) is 32.4 Å². The summed E-state index contributed by atoms with van der Waals surface area (Å²) in [4.78, 5) is 40.6. The number of carbonyl (C=O) groups excluding carboxylic acids is 1. The van der Waals surface area contributed by atoms with Crippen molar-refractivity contribution in [3.8, 4) is 11.3 Å². The van der Waals surface area contributed by atoms with E-state index in [9.17, 15) is 14.4 Å². The largest absolute Gasteiger partial charge is 0.335 e. The van der Waals surface area contributed by atoms with Crippen LogP contribution in [-0.2, 0) is 20.6 Å². The molecule has 10 nitrogen and oxygen atoms in total. The first-order valence-corrected chi connectivity index (χ1v) is 11.5. The molecule has 1 unspecified atom stereocenters. The molecule has 0 radical (unpaired) electrons. The molecule has 0 bridgehead atoms. The van der Waals surface area contributed by atoms with Crippen molar-refractivity contribution in [1.82, 2.24) is 33.6 Å². The van der Waals surface area contributed by atoms with Crippen molar-refractivity contribution in [3.05, 3.63) is 69.1 Å². The van der Waals surface area contributed by atoms with Gasteiger partial charge in [-0.05, 0) is 18.9 Å². The van der Waals surface area contributed by atoms with E-state index in [2.05, 4.69) is 10.3 Å². The molecule has 0 saturated carbocycles. The Morgan fingerprint density at radius 2 is 1.88 bits per heavy atom. The van der Waals surface area contributed by atoms with Gasteiger partial charge in [-0.1, -0.05) is 42.5 Å². The predicted octanol–water partition coefficient (Wildman–Crippen LogP) is 1.79. The number of aromatic nitrogens is 6. The minimum absolute atomic E-state index is 0.0233. The Balaban J connectivity index is 1.45. The second-order valence-electron chi connectivity index (χ2n) is 8.77. The molecule has 1 amide bonds. The zero-order valence-corrected chi connectivity index (χ0v) is 19.5.